The van der Waals surface area contributed by atoms with E-state index in [-0.39, 0.29) is 6.04 Å². The summed E-state index contributed by atoms with van der Waals surface area (Å²) in [5, 5.41) is 12.6. The molecule has 0 aromatic heterocycles. The number of hydrogen-bond donors (Lipinski definition) is 1. The first-order valence-electron chi connectivity index (χ1n) is 3.23. The number of nitrogens with zero attached hydrogens (tertiary/aromatic N) is 3. The Kier molecular flexibility index (Phi) is 2.31. The number of allylic oxidation sites excluding steroid dienone is 1. The molecule has 1 aliphatic carbocycles. The van der Waals surface area contributed by atoms with Crippen LogP contribution in [0.25, 0.3) is 10.4 Å². The SMILES string of the molecule is [N-]=[N+]=N[C@@H]1C=CCC[C@H]1O. The van der Waals surface area contributed by atoms with E-state index in [2.05, 4.69) is 10.0 Å². The number of rotatable bonds is 1. The monoisotopic (exact) mass is 139 g/mol. The minimum absolute atomic E-state index is 0.348. The van der Waals surface area contributed by atoms with Gasteiger partial charge in [0.05, 0.1) is 12.1 Å². The average Bonchev–Trinajstić information content (AvgIpc) is 1.94. The van der Waals surface area contributed by atoms with Gasteiger partial charge in [0.15, 0.2) is 0 Å². The zero-order chi connectivity index (χ0) is 7.40. The fourth-order valence-electron chi connectivity index (χ4n) is 0.977. The Balaban J connectivity index is 2.63. The van der Waals surface area contributed by atoms with Crippen LogP contribution in [0.3, 0.4) is 0 Å². The first-order chi connectivity index (χ1) is 4.84. The summed E-state index contributed by atoms with van der Waals surface area (Å²) in [5.41, 5.74) is 8.05. The summed E-state index contributed by atoms with van der Waals surface area (Å²) in [5.74, 6) is 0. The largest absolute Gasteiger partial charge is 0.392 e. The Bertz CT molecular complexity index is 183. The van der Waals surface area contributed by atoms with E-state index in [1.807, 2.05) is 6.08 Å². The Morgan fingerprint density at radius 2 is 2.50 bits per heavy atom. The molecule has 0 unspecified atom stereocenters. The van der Waals surface area contributed by atoms with Crippen LogP contribution in [0.1, 0.15) is 12.8 Å². The highest BCUT2D eigenvalue weighted by Gasteiger charge is 2.16. The van der Waals surface area contributed by atoms with Crippen molar-refractivity contribution in [2.75, 3.05) is 0 Å². The van der Waals surface area contributed by atoms with Gasteiger partial charge < -0.3 is 5.11 Å². The van der Waals surface area contributed by atoms with Gasteiger partial charge in [-0.3, -0.25) is 0 Å². The molecule has 4 nitrogen and oxygen atoms in total. The van der Waals surface area contributed by atoms with Gasteiger partial charge in [-0.05, 0) is 18.4 Å². The van der Waals surface area contributed by atoms with Gasteiger partial charge in [0.25, 0.3) is 0 Å². The topological polar surface area (TPSA) is 69.0 Å². The maximum absolute atomic E-state index is 9.18. The molecule has 4 heteroatoms. The van der Waals surface area contributed by atoms with Crippen molar-refractivity contribution in [1.29, 1.82) is 0 Å². The Labute approximate surface area is 58.8 Å². The van der Waals surface area contributed by atoms with Crippen LogP contribution >= 0.6 is 0 Å². The van der Waals surface area contributed by atoms with Gasteiger partial charge in [0.2, 0.25) is 0 Å². The van der Waals surface area contributed by atoms with Crippen molar-refractivity contribution in [2.45, 2.75) is 25.0 Å². The molecule has 0 spiro atoms. The fraction of sp³-hybridized carbons (Fsp3) is 0.667. The van der Waals surface area contributed by atoms with E-state index in [0.717, 1.165) is 6.42 Å². The Morgan fingerprint density at radius 3 is 3.10 bits per heavy atom. The predicted octanol–water partition coefficient (Wildman–Crippen LogP) is 1.38. The van der Waals surface area contributed by atoms with Crippen molar-refractivity contribution in [1.82, 2.24) is 0 Å². The molecule has 0 amide bonds. The number of hydrogen-bond acceptors (Lipinski definition) is 2. The van der Waals surface area contributed by atoms with Gasteiger partial charge in [0.1, 0.15) is 0 Å². The average molecular weight is 139 g/mol. The smallest absolute Gasteiger partial charge is 0.0814 e. The van der Waals surface area contributed by atoms with E-state index >= 15 is 0 Å². The van der Waals surface area contributed by atoms with Crippen molar-refractivity contribution in [3.63, 3.8) is 0 Å². The summed E-state index contributed by atoms with van der Waals surface area (Å²) < 4.78 is 0. The van der Waals surface area contributed by atoms with Crippen molar-refractivity contribution in [3.8, 4) is 0 Å². The minimum Gasteiger partial charge on any atom is -0.392 e. The van der Waals surface area contributed by atoms with Crippen LogP contribution in [0.5, 0.6) is 0 Å². The maximum Gasteiger partial charge on any atom is 0.0814 e. The number of aliphatic hydroxyl groups excluding tert-OH is 1. The Hall–Kier alpha value is -0.990. The molecule has 0 saturated heterocycles. The molecule has 0 aromatic rings. The van der Waals surface area contributed by atoms with E-state index in [0.29, 0.717) is 6.42 Å². The van der Waals surface area contributed by atoms with Gasteiger partial charge in [-0.25, -0.2) is 0 Å². The quantitative estimate of drug-likeness (QED) is 0.253. The summed E-state index contributed by atoms with van der Waals surface area (Å²) in [6.07, 6.45) is 4.75. The molecule has 1 N–H and O–H groups in total. The first-order valence-corrected chi connectivity index (χ1v) is 3.23. The van der Waals surface area contributed by atoms with Gasteiger partial charge in [-0.2, -0.15) is 0 Å². The predicted molar refractivity (Wildman–Crippen MR) is 37.3 cm³/mol. The molecule has 0 fully saturated rings. The zero-order valence-corrected chi connectivity index (χ0v) is 5.51. The lowest BCUT2D eigenvalue weighted by Gasteiger charge is -2.17. The highest BCUT2D eigenvalue weighted by atomic mass is 16.3. The van der Waals surface area contributed by atoms with Crippen molar-refractivity contribution in [3.05, 3.63) is 22.6 Å². The molecule has 0 radical (unpaired) electrons. The summed E-state index contributed by atoms with van der Waals surface area (Å²) >= 11 is 0. The van der Waals surface area contributed by atoms with Crippen molar-refractivity contribution < 1.29 is 5.11 Å². The number of azide groups is 1. The lowest BCUT2D eigenvalue weighted by Crippen LogP contribution is -2.23. The van der Waals surface area contributed by atoms with E-state index in [1.54, 1.807) is 6.08 Å². The van der Waals surface area contributed by atoms with Crippen LogP contribution in [0.2, 0.25) is 0 Å². The molecular formula is C6H9N3O. The molecule has 1 aliphatic rings. The lowest BCUT2D eigenvalue weighted by atomic mass is 10.0. The minimum atomic E-state index is -0.485. The molecule has 54 valence electrons. The van der Waals surface area contributed by atoms with Gasteiger partial charge in [-0.1, -0.05) is 17.3 Å². The molecule has 1 rings (SSSR count). The van der Waals surface area contributed by atoms with Gasteiger partial charge >= 0.3 is 0 Å². The standard InChI is InChI=1S/C6H9N3O/c7-9-8-5-3-1-2-4-6(5)10/h1,3,5-6,10H,2,4H2/t5-,6-/m1/s1. The molecule has 0 aromatic carbocycles. The molecule has 0 saturated carbocycles. The maximum atomic E-state index is 9.18. The first kappa shape index (κ1) is 7.12. The summed E-state index contributed by atoms with van der Waals surface area (Å²) in [7, 11) is 0. The van der Waals surface area contributed by atoms with Crippen LogP contribution in [-0.4, -0.2) is 17.3 Å². The zero-order valence-electron chi connectivity index (χ0n) is 5.51. The van der Waals surface area contributed by atoms with Crippen LogP contribution < -0.4 is 0 Å². The molecular weight excluding hydrogens is 130 g/mol. The second-order valence-electron chi connectivity index (χ2n) is 2.27. The molecule has 10 heavy (non-hydrogen) atoms. The summed E-state index contributed by atoms with van der Waals surface area (Å²) in [6.45, 7) is 0. The van der Waals surface area contributed by atoms with Crippen molar-refractivity contribution >= 4 is 0 Å². The van der Waals surface area contributed by atoms with Gasteiger partial charge in [0, 0.05) is 4.91 Å². The normalized spacial score (nSPS) is 31.3. The summed E-state index contributed by atoms with van der Waals surface area (Å²) in [6, 6.07) is -0.348. The van der Waals surface area contributed by atoms with Gasteiger partial charge in [-0.15, -0.1) is 0 Å². The van der Waals surface area contributed by atoms with Crippen LogP contribution in [0, 0.1) is 0 Å². The second kappa shape index (κ2) is 3.25. The lowest BCUT2D eigenvalue weighted by molar-refractivity contribution is 0.147. The van der Waals surface area contributed by atoms with Crippen molar-refractivity contribution in [2.24, 2.45) is 5.11 Å². The molecule has 0 aliphatic heterocycles. The third-order valence-corrected chi connectivity index (χ3v) is 1.54. The van der Waals surface area contributed by atoms with E-state index in [9.17, 15) is 5.11 Å². The van der Waals surface area contributed by atoms with E-state index < -0.39 is 6.10 Å². The molecule has 0 bridgehead atoms. The highest BCUT2D eigenvalue weighted by Crippen LogP contribution is 2.14. The fourth-order valence-corrected chi connectivity index (χ4v) is 0.977. The number of aliphatic hydroxyl groups is 1. The van der Waals surface area contributed by atoms with E-state index in [1.165, 1.54) is 0 Å². The molecule has 2 atom stereocenters. The van der Waals surface area contributed by atoms with Crippen LogP contribution in [-0.2, 0) is 0 Å². The van der Waals surface area contributed by atoms with E-state index in [4.69, 9.17) is 5.53 Å². The Morgan fingerprint density at radius 1 is 1.70 bits per heavy atom. The highest BCUT2D eigenvalue weighted by molar-refractivity contribution is 5.02. The van der Waals surface area contributed by atoms with Crippen LogP contribution in [0.4, 0.5) is 0 Å². The summed E-state index contributed by atoms with van der Waals surface area (Å²) in [4.78, 5) is 2.62. The third-order valence-electron chi connectivity index (χ3n) is 1.54. The second-order valence-corrected chi connectivity index (χ2v) is 2.27. The van der Waals surface area contributed by atoms with Crippen LogP contribution in [0.15, 0.2) is 17.3 Å². The third kappa shape index (κ3) is 1.50. The molecule has 0 heterocycles.